The van der Waals surface area contributed by atoms with Gasteiger partial charge in [0, 0.05) is 16.3 Å². The lowest BCUT2D eigenvalue weighted by molar-refractivity contribution is -0.672. The van der Waals surface area contributed by atoms with E-state index in [-0.39, 0.29) is 5.91 Å². The van der Waals surface area contributed by atoms with Crippen LogP contribution in [0.1, 0.15) is 17.2 Å². The fraction of sp³-hybridized carbons (Fsp3) is 0.167. The number of nitrogens with two attached hydrogens (primary N) is 1. The normalized spacial score (nSPS) is 11.5. The molecule has 2 aromatic carbocycles. The standard InChI is InChI=1S/C18H17ClN2O/c1-3-11-20-17(14-7-5-4-6-8-14)18(22)21-15-10-9-13(2)16(19)12-15/h1,4-10,12,17,20H,11H2,2H3,(H,21,22)/p+1/t17-/m1/s1. The zero-order valence-electron chi connectivity index (χ0n) is 12.3. The van der Waals surface area contributed by atoms with Gasteiger partial charge in [-0.1, -0.05) is 48.0 Å². The Hall–Kier alpha value is -2.28. The van der Waals surface area contributed by atoms with Gasteiger partial charge in [0.05, 0.1) is 0 Å². The number of quaternary nitrogens is 1. The van der Waals surface area contributed by atoms with E-state index in [9.17, 15) is 4.79 Å². The summed E-state index contributed by atoms with van der Waals surface area (Å²) >= 11 is 6.09. The highest BCUT2D eigenvalue weighted by atomic mass is 35.5. The van der Waals surface area contributed by atoms with Crippen LogP contribution in [-0.2, 0) is 4.79 Å². The van der Waals surface area contributed by atoms with E-state index in [2.05, 4.69) is 11.2 Å². The van der Waals surface area contributed by atoms with Crippen LogP contribution in [0.25, 0.3) is 0 Å². The molecule has 2 rings (SSSR count). The van der Waals surface area contributed by atoms with Crippen molar-refractivity contribution in [3.05, 3.63) is 64.7 Å². The number of carbonyl (C=O) groups excluding carboxylic acids is 1. The van der Waals surface area contributed by atoms with Gasteiger partial charge in [0.25, 0.3) is 5.91 Å². The fourth-order valence-corrected chi connectivity index (χ4v) is 2.31. The van der Waals surface area contributed by atoms with Crippen LogP contribution in [0.3, 0.4) is 0 Å². The van der Waals surface area contributed by atoms with Crippen LogP contribution in [-0.4, -0.2) is 12.5 Å². The van der Waals surface area contributed by atoms with Gasteiger partial charge in [0.15, 0.2) is 6.04 Å². The van der Waals surface area contributed by atoms with Crippen LogP contribution in [0.2, 0.25) is 5.02 Å². The first kappa shape index (κ1) is 16.1. The summed E-state index contributed by atoms with van der Waals surface area (Å²) in [5.41, 5.74) is 2.56. The number of terminal acetylenes is 1. The van der Waals surface area contributed by atoms with Crippen molar-refractivity contribution < 1.29 is 10.1 Å². The van der Waals surface area contributed by atoms with Crippen molar-refractivity contribution in [1.82, 2.24) is 0 Å². The lowest BCUT2D eigenvalue weighted by Gasteiger charge is -2.15. The summed E-state index contributed by atoms with van der Waals surface area (Å²) in [5.74, 6) is 2.42. The number of nitrogens with one attached hydrogen (secondary N) is 1. The molecule has 0 heterocycles. The van der Waals surface area contributed by atoms with Crippen LogP contribution in [0.5, 0.6) is 0 Å². The van der Waals surface area contributed by atoms with Crippen molar-refractivity contribution in [2.75, 3.05) is 11.9 Å². The number of hydrogen-bond acceptors (Lipinski definition) is 1. The molecule has 0 aliphatic rings. The Labute approximate surface area is 135 Å². The van der Waals surface area contributed by atoms with Crippen molar-refractivity contribution in [3.8, 4) is 12.3 Å². The summed E-state index contributed by atoms with van der Waals surface area (Å²) in [5, 5.41) is 5.35. The second kappa shape index (κ2) is 7.65. The summed E-state index contributed by atoms with van der Waals surface area (Å²) in [6.45, 7) is 2.35. The number of rotatable bonds is 5. The Balaban J connectivity index is 2.18. The van der Waals surface area contributed by atoms with Gasteiger partial charge in [-0.05, 0) is 30.5 Å². The molecule has 22 heavy (non-hydrogen) atoms. The highest BCUT2D eigenvalue weighted by Gasteiger charge is 2.23. The van der Waals surface area contributed by atoms with Crippen LogP contribution in [0.15, 0.2) is 48.5 Å². The van der Waals surface area contributed by atoms with Crippen LogP contribution < -0.4 is 10.6 Å². The number of amides is 1. The van der Waals surface area contributed by atoms with Crippen molar-refractivity contribution in [2.24, 2.45) is 0 Å². The molecule has 0 aliphatic heterocycles. The Morgan fingerprint density at radius 2 is 2.05 bits per heavy atom. The number of halogens is 1. The molecule has 0 saturated carbocycles. The molecule has 0 unspecified atom stereocenters. The summed E-state index contributed by atoms with van der Waals surface area (Å²) < 4.78 is 0. The number of hydrogen-bond donors (Lipinski definition) is 2. The Bertz CT molecular complexity index is 692. The van der Waals surface area contributed by atoms with E-state index < -0.39 is 6.04 Å². The fourth-order valence-electron chi connectivity index (χ4n) is 2.13. The van der Waals surface area contributed by atoms with Crippen molar-refractivity contribution in [3.63, 3.8) is 0 Å². The predicted molar refractivity (Wildman–Crippen MR) is 89.6 cm³/mol. The molecule has 3 nitrogen and oxygen atoms in total. The number of carbonyl (C=O) groups is 1. The van der Waals surface area contributed by atoms with Gasteiger partial charge in [0.2, 0.25) is 0 Å². The largest absolute Gasteiger partial charge is 0.322 e. The molecule has 0 aliphatic carbocycles. The highest BCUT2D eigenvalue weighted by molar-refractivity contribution is 6.31. The topological polar surface area (TPSA) is 45.7 Å². The average molecular weight is 314 g/mol. The summed E-state index contributed by atoms with van der Waals surface area (Å²) in [7, 11) is 0. The molecule has 2 aromatic rings. The summed E-state index contributed by atoms with van der Waals surface area (Å²) in [6.07, 6.45) is 5.31. The molecule has 112 valence electrons. The van der Waals surface area contributed by atoms with Crippen LogP contribution in [0, 0.1) is 19.3 Å². The van der Waals surface area contributed by atoms with Gasteiger partial charge in [-0.3, -0.25) is 4.79 Å². The molecule has 3 N–H and O–H groups in total. The predicted octanol–water partition coefficient (Wildman–Crippen LogP) is 2.52. The zero-order chi connectivity index (χ0) is 15.9. The molecule has 0 saturated heterocycles. The Kier molecular flexibility index (Phi) is 5.60. The van der Waals surface area contributed by atoms with E-state index in [4.69, 9.17) is 18.0 Å². The smallest absolute Gasteiger partial charge is 0.287 e. The minimum Gasteiger partial charge on any atom is -0.322 e. The van der Waals surface area contributed by atoms with Crippen molar-refractivity contribution in [2.45, 2.75) is 13.0 Å². The van der Waals surface area contributed by atoms with Crippen molar-refractivity contribution in [1.29, 1.82) is 0 Å². The molecule has 0 spiro atoms. The Morgan fingerprint density at radius 3 is 2.68 bits per heavy atom. The molecular weight excluding hydrogens is 296 g/mol. The van der Waals surface area contributed by atoms with Crippen molar-refractivity contribution >= 4 is 23.2 Å². The van der Waals surface area contributed by atoms with E-state index >= 15 is 0 Å². The molecule has 0 radical (unpaired) electrons. The second-order valence-electron chi connectivity index (χ2n) is 4.99. The quantitative estimate of drug-likeness (QED) is 0.819. The maximum absolute atomic E-state index is 12.6. The maximum Gasteiger partial charge on any atom is 0.287 e. The maximum atomic E-state index is 12.6. The minimum absolute atomic E-state index is 0.124. The van der Waals surface area contributed by atoms with Gasteiger partial charge in [0.1, 0.15) is 6.54 Å². The SMILES string of the molecule is C#CC[NH2+][C@@H](C(=O)Nc1ccc(C)c(Cl)c1)c1ccccc1. The molecular formula is C18H18ClN2O+. The van der Waals surface area contributed by atoms with Gasteiger partial charge in [-0.25, -0.2) is 0 Å². The number of benzene rings is 2. The lowest BCUT2D eigenvalue weighted by Crippen LogP contribution is -2.87. The first-order valence-corrected chi connectivity index (χ1v) is 7.38. The van der Waals surface area contributed by atoms with Crippen LogP contribution in [0.4, 0.5) is 5.69 Å². The van der Waals surface area contributed by atoms with E-state index in [0.29, 0.717) is 17.3 Å². The van der Waals surface area contributed by atoms with E-state index in [0.717, 1.165) is 11.1 Å². The third-order valence-electron chi connectivity index (χ3n) is 3.35. The third kappa shape index (κ3) is 4.11. The molecule has 0 bridgehead atoms. The molecule has 1 amide bonds. The molecule has 1 atom stereocenters. The molecule has 0 aromatic heterocycles. The number of aryl methyl sites for hydroxylation is 1. The Morgan fingerprint density at radius 1 is 1.32 bits per heavy atom. The monoisotopic (exact) mass is 313 g/mol. The number of anilines is 1. The first-order chi connectivity index (χ1) is 10.6. The van der Waals surface area contributed by atoms with Gasteiger partial charge in [-0.2, -0.15) is 0 Å². The molecule has 4 heteroatoms. The second-order valence-corrected chi connectivity index (χ2v) is 5.39. The average Bonchev–Trinajstić information content (AvgIpc) is 2.52. The van der Waals surface area contributed by atoms with Crippen LogP contribution >= 0.6 is 11.6 Å². The minimum atomic E-state index is -0.391. The van der Waals surface area contributed by atoms with E-state index in [1.54, 1.807) is 6.07 Å². The van der Waals surface area contributed by atoms with E-state index in [1.807, 2.05) is 54.7 Å². The molecule has 0 fully saturated rings. The summed E-state index contributed by atoms with van der Waals surface area (Å²) in [6, 6.07) is 14.6. The first-order valence-electron chi connectivity index (χ1n) is 7.00. The van der Waals surface area contributed by atoms with Gasteiger partial charge in [-0.15, -0.1) is 6.42 Å². The highest BCUT2D eigenvalue weighted by Crippen LogP contribution is 2.21. The van der Waals surface area contributed by atoms with Gasteiger partial charge < -0.3 is 10.6 Å². The third-order valence-corrected chi connectivity index (χ3v) is 3.76. The summed E-state index contributed by atoms with van der Waals surface area (Å²) in [4.78, 5) is 12.6. The van der Waals surface area contributed by atoms with Gasteiger partial charge >= 0.3 is 0 Å². The van der Waals surface area contributed by atoms with E-state index in [1.165, 1.54) is 0 Å². The zero-order valence-corrected chi connectivity index (χ0v) is 13.1. The lowest BCUT2D eigenvalue weighted by atomic mass is 10.1.